The summed E-state index contributed by atoms with van der Waals surface area (Å²) >= 11 is 1.23. The second kappa shape index (κ2) is 12.2. The fraction of sp³-hybridized carbons (Fsp3) is 0.286. The normalized spacial score (nSPS) is 16.0. The molecule has 1 amide bonds. The van der Waals surface area contributed by atoms with Gasteiger partial charge < -0.3 is 20.3 Å². The number of piperazine rings is 1. The topological polar surface area (TPSA) is 95.5 Å². The van der Waals surface area contributed by atoms with E-state index >= 15 is 0 Å². The number of para-hydroxylation sites is 1. The van der Waals surface area contributed by atoms with Crippen LogP contribution in [-0.4, -0.2) is 72.3 Å². The fourth-order valence-corrected chi connectivity index (χ4v) is 5.49. The SMILES string of the molecule is CNC[C@H]1CN(c2c(NC(=O)c3csc(-c4ccnnc4)n3)ccc(Oc3ccccc3)c2C(F)(F)F)CCN1C. The number of ether oxygens (including phenoxy) is 1. The first-order valence-corrected chi connectivity index (χ1v) is 13.7. The first-order chi connectivity index (χ1) is 19.7. The maximum absolute atomic E-state index is 14.9. The number of rotatable bonds is 8. The van der Waals surface area contributed by atoms with Crippen LogP contribution < -0.4 is 20.3 Å². The van der Waals surface area contributed by atoms with Crippen molar-refractivity contribution in [1.82, 2.24) is 25.4 Å². The quantitative estimate of drug-likeness (QED) is 0.299. The smallest absolute Gasteiger partial charge is 0.422 e. The van der Waals surface area contributed by atoms with Gasteiger partial charge in [-0.15, -0.1) is 11.3 Å². The van der Waals surface area contributed by atoms with Gasteiger partial charge in [-0.3, -0.25) is 9.69 Å². The van der Waals surface area contributed by atoms with Gasteiger partial charge in [0.25, 0.3) is 5.91 Å². The summed E-state index contributed by atoms with van der Waals surface area (Å²) in [6.45, 7) is 1.76. The molecule has 2 N–H and O–H groups in total. The van der Waals surface area contributed by atoms with Crippen LogP contribution in [0.2, 0.25) is 0 Å². The summed E-state index contributed by atoms with van der Waals surface area (Å²) in [5.41, 5.74) is -0.302. The summed E-state index contributed by atoms with van der Waals surface area (Å²) in [5, 5.41) is 15.5. The van der Waals surface area contributed by atoms with Crippen molar-refractivity contribution in [3.8, 4) is 22.1 Å². The molecule has 41 heavy (non-hydrogen) atoms. The van der Waals surface area contributed by atoms with Crippen molar-refractivity contribution in [3.05, 3.63) is 77.6 Å². The third-order valence-electron chi connectivity index (χ3n) is 6.74. The predicted octanol–water partition coefficient (Wildman–Crippen LogP) is 5.00. The van der Waals surface area contributed by atoms with Crippen molar-refractivity contribution in [2.75, 3.05) is 50.5 Å². The Morgan fingerprint density at radius 1 is 1.12 bits per heavy atom. The lowest BCUT2D eigenvalue weighted by Crippen LogP contribution is -2.55. The van der Waals surface area contributed by atoms with Crippen LogP contribution in [0.25, 0.3) is 10.6 Å². The number of nitrogens with zero attached hydrogens (tertiary/aromatic N) is 5. The van der Waals surface area contributed by atoms with Crippen LogP contribution in [0.15, 0.2) is 66.3 Å². The number of carbonyl (C=O) groups is 1. The molecule has 13 heteroatoms. The molecule has 0 saturated carbocycles. The highest BCUT2D eigenvalue weighted by molar-refractivity contribution is 7.13. The molecule has 2 aromatic heterocycles. The molecule has 0 bridgehead atoms. The number of hydrogen-bond acceptors (Lipinski definition) is 9. The minimum Gasteiger partial charge on any atom is -0.457 e. The lowest BCUT2D eigenvalue weighted by atomic mass is 10.0. The number of aromatic nitrogens is 3. The van der Waals surface area contributed by atoms with Crippen molar-refractivity contribution in [3.63, 3.8) is 0 Å². The molecular formula is C28H28F3N7O2S. The summed E-state index contributed by atoms with van der Waals surface area (Å²) in [6, 6.07) is 12.7. The van der Waals surface area contributed by atoms with Gasteiger partial charge in [-0.25, -0.2) is 4.98 Å². The highest BCUT2D eigenvalue weighted by Crippen LogP contribution is 2.48. The Bertz CT molecular complexity index is 1490. The number of alkyl halides is 3. The van der Waals surface area contributed by atoms with Gasteiger partial charge >= 0.3 is 6.18 Å². The Kier molecular flexibility index (Phi) is 8.47. The van der Waals surface area contributed by atoms with Crippen molar-refractivity contribution in [2.45, 2.75) is 12.2 Å². The van der Waals surface area contributed by atoms with Crippen molar-refractivity contribution < 1.29 is 22.7 Å². The lowest BCUT2D eigenvalue weighted by molar-refractivity contribution is -0.138. The minimum absolute atomic E-state index is 0.0237. The van der Waals surface area contributed by atoms with E-state index in [4.69, 9.17) is 4.74 Å². The van der Waals surface area contributed by atoms with Crippen LogP contribution in [0.1, 0.15) is 16.1 Å². The van der Waals surface area contributed by atoms with Gasteiger partial charge in [-0.2, -0.15) is 23.4 Å². The van der Waals surface area contributed by atoms with Crippen LogP contribution in [0.5, 0.6) is 11.5 Å². The number of likely N-dealkylation sites (N-methyl/N-ethyl adjacent to an activating group) is 2. The standard InChI is InChI=1S/C28H28F3N7O2S/c1-32-15-19-16-38(13-12-37(19)2)25-21(35-26(39)22-17-41-27(36-22)18-10-11-33-34-14-18)8-9-23(24(25)28(29,30)31)40-20-6-4-3-5-7-20/h3-11,14,17,19,32H,12-13,15-16H2,1-2H3,(H,35,39)/t19-/m0/s1. The largest absolute Gasteiger partial charge is 0.457 e. The lowest BCUT2D eigenvalue weighted by Gasteiger charge is -2.42. The molecule has 1 saturated heterocycles. The summed E-state index contributed by atoms with van der Waals surface area (Å²) in [4.78, 5) is 21.5. The summed E-state index contributed by atoms with van der Waals surface area (Å²) in [5.74, 6) is -0.698. The monoisotopic (exact) mass is 583 g/mol. The van der Waals surface area contributed by atoms with Crippen molar-refractivity contribution >= 4 is 28.6 Å². The van der Waals surface area contributed by atoms with Crippen LogP contribution in [-0.2, 0) is 6.18 Å². The molecule has 0 unspecified atom stereocenters. The number of halogens is 3. The predicted molar refractivity (Wildman–Crippen MR) is 152 cm³/mol. The molecule has 1 aliphatic heterocycles. The highest BCUT2D eigenvalue weighted by atomic mass is 32.1. The Morgan fingerprint density at radius 2 is 1.93 bits per heavy atom. The van der Waals surface area contributed by atoms with E-state index in [1.54, 1.807) is 53.7 Å². The number of carbonyl (C=O) groups excluding carboxylic acids is 1. The summed E-state index contributed by atoms with van der Waals surface area (Å²) in [7, 11) is 3.75. The third kappa shape index (κ3) is 6.47. The van der Waals surface area contributed by atoms with Crippen LogP contribution >= 0.6 is 11.3 Å². The first kappa shape index (κ1) is 28.5. The van der Waals surface area contributed by atoms with E-state index in [1.807, 2.05) is 7.05 Å². The number of thiazole rings is 1. The number of amides is 1. The van der Waals surface area contributed by atoms with E-state index in [-0.39, 0.29) is 34.6 Å². The zero-order valence-corrected chi connectivity index (χ0v) is 23.2. The molecule has 2 aromatic carbocycles. The van der Waals surface area contributed by atoms with Crippen LogP contribution in [0.4, 0.5) is 24.5 Å². The Morgan fingerprint density at radius 3 is 2.63 bits per heavy atom. The molecule has 9 nitrogen and oxygen atoms in total. The maximum Gasteiger partial charge on any atom is 0.422 e. The summed E-state index contributed by atoms with van der Waals surface area (Å²) < 4.78 is 50.3. The average molecular weight is 584 g/mol. The molecular weight excluding hydrogens is 555 g/mol. The van der Waals surface area contributed by atoms with Gasteiger partial charge in [0.15, 0.2) is 0 Å². The van der Waals surface area contributed by atoms with Crippen LogP contribution in [0.3, 0.4) is 0 Å². The molecule has 0 spiro atoms. The first-order valence-electron chi connectivity index (χ1n) is 12.9. The maximum atomic E-state index is 14.9. The molecule has 1 fully saturated rings. The third-order valence-corrected chi connectivity index (χ3v) is 7.63. The number of hydrogen-bond donors (Lipinski definition) is 2. The van der Waals surface area contributed by atoms with Gasteiger partial charge in [0.2, 0.25) is 0 Å². The van der Waals surface area contributed by atoms with E-state index in [1.165, 1.54) is 35.9 Å². The summed E-state index contributed by atoms with van der Waals surface area (Å²) in [6.07, 6.45) is -1.74. The molecule has 0 aliphatic carbocycles. The number of nitrogens with one attached hydrogen (secondary N) is 2. The molecule has 1 atom stereocenters. The van der Waals surface area contributed by atoms with E-state index in [0.717, 1.165) is 0 Å². The zero-order chi connectivity index (χ0) is 29.0. The van der Waals surface area contributed by atoms with Gasteiger partial charge in [0, 0.05) is 43.2 Å². The Labute approximate surface area is 239 Å². The zero-order valence-electron chi connectivity index (χ0n) is 22.4. The number of benzene rings is 2. The van der Waals surface area contributed by atoms with E-state index in [2.05, 4.69) is 30.7 Å². The van der Waals surface area contributed by atoms with Gasteiger partial charge in [0.1, 0.15) is 27.8 Å². The fourth-order valence-electron chi connectivity index (χ4n) is 4.70. The van der Waals surface area contributed by atoms with Gasteiger partial charge in [-0.1, -0.05) is 18.2 Å². The van der Waals surface area contributed by atoms with E-state index in [9.17, 15) is 18.0 Å². The molecule has 214 valence electrons. The van der Waals surface area contributed by atoms with Crippen molar-refractivity contribution in [2.24, 2.45) is 0 Å². The highest BCUT2D eigenvalue weighted by Gasteiger charge is 2.42. The van der Waals surface area contributed by atoms with Crippen molar-refractivity contribution in [1.29, 1.82) is 0 Å². The van der Waals surface area contributed by atoms with Crippen LogP contribution in [0, 0.1) is 0 Å². The number of anilines is 2. The molecule has 3 heterocycles. The Hall–Kier alpha value is -4.07. The van der Waals surface area contributed by atoms with Gasteiger partial charge in [-0.05, 0) is 44.4 Å². The molecule has 1 aliphatic rings. The molecule has 5 rings (SSSR count). The second-order valence-corrected chi connectivity index (χ2v) is 10.4. The van der Waals surface area contributed by atoms with Gasteiger partial charge in [0.05, 0.1) is 23.8 Å². The van der Waals surface area contributed by atoms with E-state index in [0.29, 0.717) is 36.8 Å². The Balaban J connectivity index is 1.55. The van der Waals surface area contributed by atoms with E-state index < -0.39 is 17.6 Å². The minimum atomic E-state index is -4.77. The molecule has 0 radical (unpaired) electrons. The average Bonchev–Trinajstić information content (AvgIpc) is 3.46. The second-order valence-electron chi connectivity index (χ2n) is 9.51. The molecule has 4 aromatic rings.